The number of nitrogens with zero attached hydrogens (tertiary/aromatic N) is 4. The molecule has 5 nitrogen and oxygen atoms in total. The molecular formula is C20H23F3N5S+. The summed E-state index contributed by atoms with van der Waals surface area (Å²) in [6, 6.07) is 9.06. The predicted octanol–water partition coefficient (Wildman–Crippen LogP) is 3.58. The molecule has 0 saturated carbocycles. The molecule has 0 bridgehead atoms. The second-order valence-corrected chi connectivity index (χ2v) is 7.35. The molecule has 29 heavy (non-hydrogen) atoms. The van der Waals surface area contributed by atoms with Crippen molar-refractivity contribution in [1.29, 1.82) is 0 Å². The van der Waals surface area contributed by atoms with E-state index in [0.29, 0.717) is 18.0 Å². The average Bonchev–Trinajstić information content (AvgIpc) is 2.98. The fourth-order valence-corrected chi connectivity index (χ4v) is 3.44. The number of halogens is 3. The molecule has 2 aromatic heterocycles. The molecule has 0 amide bonds. The number of benzene rings is 1. The highest BCUT2D eigenvalue weighted by molar-refractivity contribution is 7.71. The Labute approximate surface area is 172 Å². The number of hydrogen-bond donors (Lipinski definition) is 1. The van der Waals surface area contributed by atoms with Gasteiger partial charge in [0.25, 0.3) is 0 Å². The number of nitrogens with one attached hydrogen (secondary N) is 1. The van der Waals surface area contributed by atoms with Gasteiger partial charge in [-0.25, -0.2) is 0 Å². The van der Waals surface area contributed by atoms with Gasteiger partial charge in [0.1, 0.15) is 6.54 Å². The lowest BCUT2D eigenvalue weighted by atomic mass is 10.1. The van der Waals surface area contributed by atoms with E-state index in [1.54, 1.807) is 17.1 Å². The van der Waals surface area contributed by atoms with Crippen molar-refractivity contribution in [2.24, 2.45) is 0 Å². The smallest absolute Gasteiger partial charge is 0.315 e. The molecule has 2 heterocycles. The van der Waals surface area contributed by atoms with E-state index in [1.165, 1.54) is 12.1 Å². The summed E-state index contributed by atoms with van der Waals surface area (Å²) in [5.41, 5.74) is 1.13. The van der Waals surface area contributed by atoms with Gasteiger partial charge in [-0.3, -0.25) is 9.55 Å². The van der Waals surface area contributed by atoms with Crippen LogP contribution in [-0.2, 0) is 25.9 Å². The molecule has 0 spiro atoms. The Morgan fingerprint density at radius 3 is 2.31 bits per heavy atom. The van der Waals surface area contributed by atoms with E-state index in [-0.39, 0.29) is 0 Å². The Balaban J connectivity index is 1.78. The van der Waals surface area contributed by atoms with Crippen LogP contribution in [0.5, 0.6) is 0 Å². The molecule has 0 saturated heterocycles. The van der Waals surface area contributed by atoms with Crippen LogP contribution in [0.25, 0.3) is 11.4 Å². The van der Waals surface area contributed by atoms with E-state index in [4.69, 9.17) is 17.3 Å². The van der Waals surface area contributed by atoms with Crippen LogP contribution in [-0.4, -0.2) is 26.4 Å². The maximum absolute atomic E-state index is 12.7. The van der Waals surface area contributed by atoms with Crippen LogP contribution in [0.4, 0.5) is 13.2 Å². The minimum atomic E-state index is -4.32. The Bertz CT molecular complexity index is 994. The fraction of sp³-hybridized carbons (Fsp3) is 0.350. The fourth-order valence-electron chi connectivity index (χ4n) is 3.16. The normalized spacial score (nSPS) is 12.9. The molecule has 3 aromatic rings. The molecule has 1 N–H and O–H groups in total. The molecule has 0 radical (unpaired) electrons. The largest absolute Gasteiger partial charge is 0.416 e. The minimum Gasteiger partial charge on any atom is -0.315 e. The van der Waals surface area contributed by atoms with Crippen LogP contribution in [0.2, 0.25) is 0 Å². The molecule has 0 aliphatic heterocycles. The summed E-state index contributed by atoms with van der Waals surface area (Å²) in [6.45, 7) is 3.91. The van der Waals surface area contributed by atoms with E-state index in [1.807, 2.05) is 23.7 Å². The molecule has 1 unspecified atom stereocenters. The predicted molar refractivity (Wildman–Crippen MR) is 107 cm³/mol. The number of hydrogen-bond acceptors (Lipinski definition) is 3. The first-order valence-corrected chi connectivity index (χ1v) is 9.76. The molecular weight excluding hydrogens is 399 g/mol. The van der Waals surface area contributed by atoms with Crippen molar-refractivity contribution in [3.63, 3.8) is 0 Å². The van der Waals surface area contributed by atoms with Gasteiger partial charge in [-0.1, -0.05) is 19.1 Å². The second-order valence-electron chi connectivity index (χ2n) is 6.98. The van der Waals surface area contributed by atoms with E-state index in [9.17, 15) is 13.2 Å². The molecule has 154 valence electrons. The zero-order valence-corrected chi connectivity index (χ0v) is 17.1. The number of aromatic nitrogens is 4. The molecule has 1 aromatic carbocycles. The van der Waals surface area contributed by atoms with Crippen molar-refractivity contribution in [3.05, 3.63) is 64.7 Å². The zero-order valence-electron chi connectivity index (χ0n) is 16.3. The Morgan fingerprint density at radius 2 is 1.72 bits per heavy atom. The summed E-state index contributed by atoms with van der Waals surface area (Å²) in [5, 5.41) is 4.70. The van der Waals surface area contributed by atoms with Crippen molar-refractivity contribution in [3.8, 4) is 11.4 Å². The van der Waals surface area contributed by atoms with E-state index in [0.717, 1.165) is 46.9 Å². The monoisotopic (exact) mass is 422 g/mol. The lowest BCUT2D eigenvalue weighted by molar-refractivity contribution is -0.917. The maximum Gasteiger partial charge on any atom is 0.416 e. The Hall–Kier alpha value is -2.52. The van der Waals surface area contributed by atoms with Crippen LogP contribution in [0.3, 0.4) is 0 Å². The van der Waals surface area contributed by atoms with Crippen LogP contribution in [0.15, 0.2) is 48.8 Å². The summed E-state index contributed by atoms with van der Waals surface area (Å²) in [4.78, 5) is 5.11. The van der Waals surface area contributed by atoms with Crippen LogP contribution in [0, 0.1) is 4.77 Å². The third-order valence-electron chi connectivity index (χ3n) is 4.52. The molecule has 9 heteroatoms. The molecule has 1 atom stereocenters. The van der Waals surface area contributed by atoms with Gasteiger partial charge >= 0.3 is 6.18 Å². The number of rotatable bonds is 7. The van der Waals surface area contributed by atoms with Crippen molar-refractivity contribution in [2.45, 2.75) is 39.3 Å². The summed E-state index contributed by atoms with van der Waals surface area (Å²) in [5.74, 6) is 0.793. The van der Waals surface area contributed by atoms with Crippen molar-refractivity contribution < 1.29 is 18.1 Å². The lowest BCUT2D eigenvalue weighted by Crippen LogP contribution is -3.07. The van der Waals surface area contributed by atoms with Crippen LogP contribution >= 0.6 is 12.2 Å². The lowest BCUT2D eigenvalue weighted by Gasteiger charge is -2.14. The first-order valence-electron chi connectivity index (χ1n) is 9.35. The van der Waals surface area contributed by atoms with E-state index >= 15 is 0 Å². The topological polar surface area (TPSA) is 40.1 Å². The van der Waals surface area contributed by atoms with Crippen molar-refractivity contribution in [2.75, 3.05) is 7.05 Å². The highest BCUT2D eigenvalue weighted by Crippen LogP contribution is 2.29. The number of quaternary nitrogens is 1. The van der Waals surface area contributed by atoms with Gasteiger partial charge in [0.15, 0.2) is 12.5 Å². The maximum atomic E-state index is 12.7. The standard InChI is InChI=1S/C20H22F3N5S/c1-3-12-27-18(16-8-10-24-11-9-16)25-28(19(27)29)14-26(2)13-15-4-6-17(7-5-15)20(21,22)23/h4-11H,3,12-14H2,1-2H3/p+1. The van der Waals surface area contributed by atoms with Gasteiger partial charge in [-0.15, -0.1) is 5.10 Å². The van der Waals surface area contributed by atoms with E-state index in [2.05, 4.69) is 11.9 Å². The van der Waals surface area contributed by atoms with E-state index < -0.39 is 11.7 Å². The van der Waals surface area contributed by atoms with Gasteiger partial charge in [-0.2, -0.15) is 17.9 Å². The van der Waals surface area contributed by atoms with Crippen molar-refractivity contribution in [1.82, 2.24) is 19.3 Å². The molecule has 3 rings (SSSR count). The average molecular weight is 423 g/mol. The summed E-state index contributed by atoms with van der Waals surface area (Å²) >= 11 is 5.63. The third kappa shape index (κ3) is 5.10. The first kappa shape index (κ1) is 21.2. The van der Waals surface area contributed by atoms with Gasteiger partial charge in [0.2, 0.25) is 4.77 Å². The van der Waals surface area contributed by atoms with Gasteiger partial charge in [-0.05, 0) is 42.9 Å². The Kier molecular flexibility index (Phi) is 6.49. The SMILES string of the molecule is CCCn1c(-c2ccncc2)nn(C[NH+](C)Cc2ccc(C(F)(F)F)cc2)c1=S. The number of pyridine rings is 1. The van der Waals surface area contributed by atoms with Gasteiger partial charge in [0, 0.05) is 30.1 Å². The van der Waals surface area contributed by atoms with Crippen molar-refractivity contribution >= 4 is 12.2 Å². The second kappa shape index (κ2) is 8.87. The third-order valence-corrected chi connectivity index (χ3v) is 4.95. The summed E-state index contributed by atoms with van der Waals surface area (Å²) in [7, 11) is 1.96. The minimum absolute atomic E-state index is 0.509. The molecule has 0 aliphatic rings. The molecule has 0 fully saturated rings. The van der Waals surface area contributed by atoms with Crippen LogP contribution in [0.1, 0.15) is 24.5 Å². The Morgan fingerprint density at radius 1 is 1.07 bits per heavy atom. The highest BCUT2D eigenvalue weighted by atomic mass is 32.1. The van der Waals surface area contributed by atoms with Gasteiger partial charge < -0.3 is 4.90 Å². The van der Waals surface area contributed by atoms with Gasteiger partial charge in [0.05, 0.1) is 12.6 Å². The van der Waals surface area contributed by atoms with Crippen LogP contribution < -0.4 is 4.90 Å². The number of alkyl halides is 3. The summed E-state index contributed by atoms with van der Waals surface area (Å²) < 4.78 is 42.6. The summed E-state index contributed by atoms with van der Waals surface area (Å²) in [6.07, 6.45) is 0.0392. The first-order chi connectivity index (χ1) is 13.8. The molecule has 0 aliphatic carbocycles. The highest BCUT2D eigenvalue weighted by Gasteiger charge is 2.30. The zero-order chi connectivity index (χ0) is 21.0. The quantitative estimate of drug-likeness (QED) is 0.592.